The highest BCUT2D eigenvalue weighted by atomic mass is 35.5. The average molecular weight is 470 g/mol. The summed E-state index contributed by atoms with van der Waals surface area (Å²) in [5.41, 5.74) is 1.36. The third-order valence-corrected chi connectivity index (χ3v) is 8.17. The number of rotatable bonds is 7. The van der Waals surface area contributed by atoms with Crippen molar-refractivity contribution in [3.8, 4) is 0 Å². The number of carbonyl (C=O) groups excluding carboxylic acids is 2. The van der Waals surface area contributed by atoms with Crippen molar-refractivity contribution in [1.82, 2.24) is 0 Å². The molecular weight excluding hydrogens is 446 g/mol. The third-order valence-electron chi connectivity index (χ3n) is 5.01. The van der Waals surface area contributed by atoms with Crippen molar-refractivity contribution in [2.45, 2.75) is 44.4 Å². The van der Waals surface area contributed by atoms with E-state index < -0.39 is 21.7 Å². The molecule has 0 fully saturated rings. The van der Waals surface area contributed by atoms with Crippen molar-refractivity contribution in [3.05, 3.63) is 45.3 Å². The quantitative estimate of drug-likeness (QED) is 0.603. The van der Waals surface area contributed by atoms with Crippen LogP contribution in [0.4, 0.5) is 5.00 Å². The number of sulfone groups is 1. The van der Waals surface area contributed by atoms with Gasteiger partial charge in [-0.2, -0.15) is 0 Å². The van der Waals surface area contributed by atoms with E-state index in [0.29, 0.717) is 21.5 Å². The maximum Gasteiger partial charge on any atom is 0.341 e. The number of hydrogen-bond acceptors (Lipinski definition) is 6. The lowest BCUT2D eigenvalue weighted by Crippen LogP contribution is -2.19. The number of thiophene rings is 1. The van der Waals surface area contributed by atoms with Gasteiger partial charge in [0.05, 0.1) is 22.8 Å². The molecule has 30 heavy (non-hydrogen) atoms. The van der Waals surface area contributed by atoms with Crippen LogP contribution in [0.2, 0.25) is 5.02 Å². The number of hydrogen-bond donors (Lipinski definition) is 1. The molecule has 1 aromatic carbocycles. The van der Waals surface area contributed by atoms with Crippen molar-refractivity contribution < 1.29 is 22.7 Å². The largest absolute Gasteiger partial charge is 0.462 e. The van der Waals surface area contributed by atoms with Crippen LogP contribution in [0.1, 0.15) is 47.5 Å². The molecule has 1 aliphatic rings. The molecule has 1 N–H and O–H groups in total. The van der Waals surface area contributed by atoms with E-state index in [2.05, 4.69) is 12.2 Å². The van der Waals surface area contributed by atoms with Gasteiger partial charge < -0.3 is 10.1 Å². The topological polar surface area (TPSA) is 89.5 Å². The van der Waals surface area contributed by atoms with Gasteiger partial charge in [0.15, 0.2) is 9.84 Å². The maximum absolute atomic E-state index is 12.5. The zero-order valence-corrected chi connectivity index (χ0v) is 19.3. The summed E-state index contributed by atoms with van der Waals surface area (Å²) in [7, 11) is -3.62. The lowest BCUT2D eigenvalue weighted by atomic mass is 9.88. The standard InChI is InChI=1S/C21H24ClNO5S2/c1-3-28-21(25)19-16-9-4-13(2)12-17(16)29-20(19)23-18(24)10-11-30(26,27)15-7-5-14(22)6-8-15/h5-8,13H,3-4,9-12H2,1-2H3,(H,23,24). The van der Waals surface area contributed by atoms with E-state index in [0.717, 1.165) is 29.7 Å². The number of anilines is 1. The van der Waals surface area contributed by atoms with Gasteiger partial charge in [0, 0.05) is 16.3 Å². The van der Waals surface area contributed by atoms with Gasteiger partial charge in [0.2, 0.25) is 5.91 Å². The molecule has 0 spiro atoms. The Bertz CT molecular complexity index is 1040. The number of amides is 1. The summed E-state index contributed by atoms with van der Waals surface area (Å²) >= 11 is 7.18. The van der Waals surface area contributed by atoms with Crippen molar-refractivity contribution in [2.24, 2.45) is 5.92 Å². The van der Waals surface area contributed by atoms with Crippen LogP contribution in [-0.4, -0.2) is 32.7 Å². The predicted octanol–water partition coefficient (Wildman–Crippen LogP) is 4.51. The van der Waals surface area contributed by atoms with E-state index in [1.54, 1.807) is 6.92 Å². The SMILES string of the molecule is CCOC(=O)c1c(NC(=O)CCS(=O)(=O)c2ccc(Cl)cc2)sc2c1CCC(C)C2. The van der Waals surface area contributed by atoms with Gasteiger partial charge in [0.1, 0.15) is 5.00 Å². The Hall–Kier alpha value is -1.90. The first kappa shape index (κ1) is 22.8. The van der Waals surface area contributed by atoms with Crippen LogP contribution in [-0.2, 0) is 32.2 Å². The molecule has 1 aromatic heterocycles. The first-order chi connectivity index (χ1) is 14.2. The average Bonchev–Trinajstić information content (AvgIpc) is 3.03. The van der Waals surface area contributed by atoms with Gasteiger partial charge in [-0.25, -0.2) is 13.2 Å². The molecule has 0 bridgehead atoms. The van der Waals surface area contributed by atoms with E-state index in [1.807, 2.05) is 0 Å². The normalized spacial score (nSPS) is 16.0. The summed E-state index contributed by atoms with van der Waals surface area (Å²) in [5.74, 6) is -0.727. The van der Waals surface area contributed by atoms with E-state index >= 15 is 0 Å². The molecular formula is C21H24ClNO5S2. The molecule has 1 heterocycles. The molecule has 162 valence electrons. The molecule has 0 saturated carbocycles. The highest BCUT2D eigenvalue weighted by Gasteiger charge is 2.29. The van der Waals surface area contributed by atoms with Crippen LogP contribution < -0.4 is 5.32 Å². The van der Waals surface area contributed by atoms with Gasteiger partial charge in [-0.1, -0.05) is 18.5 Å². The van der Waals surface area contributed by atoms with Crippen molar-refractivity contribution in [3.63, 3.8) is 0 Å². The van der Waals surface area contributed by atoms with Gasteiger partial charge >= 0.3 is 5.97 Å². The highest BCUT2D eigenvalue weighted by molar-refractivity contribution is 7.91. The molecule has 1 amide bonds. The number of nitrogens with one attached hydrogen (secondary N) is 1. The van der Waals surface area contributed by atoms with Crippen LogP contribution in [0.15, 0.2) is 29.2 Å². The van der Waals surface area contributed by atoms with Crippen molar-refractivity contribution in [2.75, 3.05) is 17.7 Å². The molecule has 1 unspecified atom stereocenters. The first-order valence-corrected chi connectivity index (χ1v) is 12.7. The van der Waals surface area contributed by atoms with Gasteiger partial charge in [0.25, 0.3) is 0 Å². The van der Waals surface area contributed by atoms with Crippen LogP contribution in [0, 0.1) is 5.92 Å². The fourth-order valence-corrected chi connectivity index (χ4v) is 6.22. The Kier molecular flexibility index (Phi) is 7.21. The molecule has 3 rings (SSSR count). The summed E-state index contributed by atoms with van der Waals surface area (Å²) < 4.78 is 30.1. The number of esters is 1. The zero-order valence-electron chi connectivity index (χ0n) is 16.9. The number of ether oxygens (including phenoxy) is 1. The minimum atomic E-state index is -3.62. The fourth-order valence-electron chi connectivity index (χ4n) is 3.43. The second kappa shape index (κ2) is 9.49. The van der Waals surface area contributed by atoms with E-state index in [-0.39, 0.29) is 23.7 Å². The molecule has 1 atom stereocenters. The van der Waals surface area contributed by atoms with Crippen molar-refractivity contribution in [1.29, 1.82) is 0 Å². The molecule has 2 aromatic rings. The Morgan fingerprint density at radius 1 is 1.27 bits per heavy atom. The molecule has 0 radical (unpaired) electrons. The Balaban J connectivity index is 1.74. The number of fused-ring (bicyclic) bond motifs is 1. The van der Waals surface area contributed by atoms with E-state index in [9.17, 15) is 18.0 Å². The molecule has 0 aliphatic heterocycles. The summed E-state index contributed by atoms with van der Waals surface area (Å²) in [6.07, 6.45) is 2.38. The summed E-state index contributed by atoms with van der Waals surface area (Å²) in [6.45, 7) is 4.14. The second-order valence-electron chi connectivity index (χ2n) is 7.35. The highest BCUT2D eigenvalue weighted by Crippen LogP contribution is 2.40. The van der Waals surface area contributed by atoms with Gasteiger partial charge in [-0.05, 0) is 61.9 Å². The lowest BCUT2D eigenvalue weighted by molar-refractivity contribution is -0.115. The first-order valence-electron chi connectivity index (χ1n) is 9.81. The number of carbonyl (C=O) groups is 2. The zero-order chi connectivity index (χ0) is 21.9. The maximum atomic E-state index is 12.5. The van der Waals surface area contributed by atoms with Gasteiger partial charge in [-0.3, -0.25) is 4.79 Å². The Morgan fingerprint density at radius 3 is 2.63 bits per heavy atom. The van der Waals surface area contributed by atoms with Gasteiger partial charge in [-0.15, -0.1) is 11.3 Å². The minimum Gasteiger partial charge on any atom is -0.462 e. The van der Waals surface area contributed by atoms with Crippen molar-refractivity contribution >= 4 is 49.7 Å². The summed E-state index contributed by atoms with van der Waals surface area (Å²) in [5, 5.41) is 3.63. The number of halogens is 1. The minimum absolute atomic E-state index is 0.118. The van der Waals surface area contributed by atoms with E-state index in [4.69, 9.17) is 16.3 Å². The molecule has 0 saturated heterocycles. The second-order valence-corrected chi connectivity index (χ2v) is 11.0. The summed E-state index contributed by atoms with van der Waals surface area (Å²) in [6, 6.07) is 5.83. The Labute approximate surface area is 185 Å². The Morgan fingerprint density at radius 2 is 1.97 bits per heavy atom. The third kappa shape index (κ3) is 5.22. The lowest BCUT2D eigenvalue weighted by Gasteiger charge is -2.18. The monoisotopic (exact) mass is 469 g/mol. The van der Waals surface area contributed by atoms with Crippen LogP contribution in [0.3, 0.4) is 0 Å². The van der Waals surface area contributed by atoms with Crippen LogP contribution in [0.5, 0.6) is 0 Å². The smallest absolute Gasteiger partial charge is 0.341 e. The van der Waals surface area contributed by atoms with Crippen LogP contribution in [0.25, 0.3) is 0 Å². The molecule has 1 aliphatic carbocycles. The van der Waals surface area contributed by atoms with E-state index in [1.165, 1.54) is 35.6 Å². The fraction of sp³-hybridized carbons (Fsp3) is 0.429. The predicted molar refractivity (Wildman–Crippen MR) is 118 cm³/mol. The molecule has 6 nitrogen and oxygen atoms in total. The van der Waals surface area contributed by atoms with Crippen LogP contribution >= 0.6 is 22.9 Å². The number of benzene rings is 1. The summed E-state index contributed by atoms with van der Waals surface area (Å²) in [4.78, 5) is 26.2. The molecule has 9 heteroatoms.